The number of hydrogen-bond acceptors (Lipinski definition) is 13. The second-order valence-electron chi connectivity index (χ2n) is 14.3. The fourth-order valence-electron chi connectivity index (χ4n) is 5.69. The summed E-state index contributed by atoms with van der Waals surface area (Å²) in [4.78, 5) is 35.3. The standard InChI is InChI=1S/C21H21N3O4.C21H19N3O4.Cr.Na/c2*1-4-21(2,3)14-11-16(20(26)17(12-14)24(27)28)22-23-19-15-8-6-5-7-13(15)9-10-18(19)25;;/h5-12,25-26H,4H2,1-3H3;5-12H,4H2,1-3H3;;/q;-2;+3;+1/p-2. The quantitative estimate of drug-likeness (QED) is 0.0677. The number of azo groups is 1. The third-order valence-corrected chi connectivity index (χ3v) is 10.1. The molecule has 0 bridgehead atoms. The number of rotatable bonds is 9. The minimum atomic E-state index is -0.822. The van der Waals surface area contributed by atoms with Gasteiger partial charge < -0.3 is 25.9 Å². The van der Waals surface area contributed by atoms with Crippen LogP contribution in [0.3, 0.4) is 0 Å². The van der Waals surface area contributed by atoms with Gasteiger partial charge in [-0.2, -0.15) is 10.2 Å². The summed E-state index contributed by atoms with van der Waals surface area (Å²) >= 11 is 0. The van der Waals surface area contributed by atoms with Crippen LogP contribution in [0.1, 0.15) is 71.1 Å². The van der Waals surface area contributed by atoms with E-state index in [4.69, 9.17) is 0 Å². The summed E-state index contributed by atoms with van der Waals surface area (Å²) in [5.41, 5.74) is 0.679. The molecule has 0 spiro atoms. The average molecular weight is 830 g/mol. The predicted octanol–water partition coefficient (Wildman–Crippen LogP) is 5.55. The van der Waals surface area contributed by atoms with E-state index in [0.29, 0.717) is 34.9 Å². The molecule has 0 saturated carbocycles. The van der Waals surface area contributed by atoms with Crippen molar-refractivity contribution in [2.75, 3.05) is 0 Å². The summed E-state index contributed by atoms with van der Waals surface area (Å²) in [7, 11) is 0. The molecule has 0 heterocycles. The third-order valence-electron chi connectivity index (χ3n) is 10.1. The molecule has 4 aromatic carbocycles. The van der Waals surface area contributed by atoms with Crippen LogP contribution in [-0.4, -0.2) is 33.1 Å². The molecule has 1 radical (unpaired) electrons. The van der Waals surface area contributed by atoms with E-state index in [9.17, 15) is 40.3 Å². The van der Waals surface area contributed by atoms with Gasteiger partial charge in [0.2, 0.25) is 11.6 Å². The minimum Gasteiger partial charge on any atom is -0.871 e. The molecular weight excluding hydrogens is 791 g/mol. The Morgan fingerprint density at radius 1 is 0.793 bits per heavy atom. The van der Waals surface area contributed by atoms with Crippen LogP contribution in [0.4, 0.5) is 17.1 Å². The van der Waals surface area contributed by atoms with Gasteiger partial charge in [0.25, 0.3) is 5.69 Å². The number of benzene rings is 4. The van der Waals surface area contributed by atoms with Crippen molar-refractivity contribution in [3.05, 3.63) is 140 Å². The monoisotopic (exact) mass is 829 g/mol. The van der Waals surface area contributed by atoms with Crippen LogP contribution in [0.25, 0.3) is 16.8 Å². The van der Waals surface area contributed by atoms with Gasteiger partial charge in [0.1, 0.15) is 11.4 Å². The second kappa shape index (κ2) is 19.6. The SMILES string of the molecule is CCC(C)(C)C1=CC(=NN=C2C(=O)C=Cc3ccccc32)C(=O)C(N([O-])[O-])=C1.CCC(C)(C)c1cc(N=Nc2c([O-])ccc3ccccc23)c([O-])c([N+](=O)[O-])c1.[Cr+3].[Na+]. The van der Waals surface area contributed by atoms with Crippen molar-refractivity contribution in [1.29, 1.82) is 0 Å². The Hall–Kier alpha value is -5.11. The normalized spacial score (nSPS) is 15.2. The van der Waals surface area contributed by atoms with Crippen molar-refractivity contribution in [1.82, 2.24) is 5.23 Å². The molecule has 291 valence electrons. The minimum absolute atomic E-state index is 0. The fraction of sp³-hybridized carbons (Fsp3) is 0.238. The summed E-state index contributed by atoms with van der Waals surface area (Å²) in [5.74, 6) is -2.32. The van der Waals surface area contributed by atoms with Crippen LogP contribution in [0.15, 0.2) is 123 Å². The van der Waals surface area contributed by atoms with Crippen molar-refractivity contribution in [2.24, 2.45) is 25.8 Å². The van der Waals surface area contributed by atoms with Gasteiger partial charge in [-0.25, -0.2) is 0 Å². The summed E-state index contributed by atoms with van der Waals surface area (Å²) in [6, 6.07) is 20.2. The maximum absolute atomic E-state index is 12.5. The number of allylic oxidation sites excluding steroid dienone is 5. The van der Waals surface area contributed by atoms with Crippen molar-refractivity contribution in [2.45, 2.75) is 59.8 Å². The number of fused-ring (bicyclic) bond motifs is 2. The van der Waals surface area contributed by atoms with Crippen LogP contribution in [0.5, 0.6) is 11.5 Å². The smallest absolute Gasteiger partial charge is 0.871 e. The van der Waals surface area contributed by atoms with E-state index in [1.165, 1.54) is 36.4 Å². The number of ketones is 2. The van der Waals surface area contributed by atoms with Gasteiger partial charge in [0.05, 0.1) is 22.0 Å². The number of hydrogen-bond donors (Lipinski definition) is 0. The molecule has 0 aliphatic heterocycles. The number of nitro benzene ring substituents is 1. The van der Waals surface area contributed by atoms with Crippen molar-refractivity contribution >= 4 is 56.9 Å². The summed E-state index contributed by atoms with van der Waals surface area (Å²) in [5, 5.41) is 75.3. The maximum atomic E-state index is 12.5. The summed E-state index contributed by atoms with van der Waals surface area (Å²) < 4.78 is 0. The van der Waals surface area contributed by atoms with E-state index in [1.807, 2.05) is 65.8 Å². The van der Waals surface area contributed by atoms with Crippen LogP contribution >= 0.6 is 0 Å². The molecule has 6 rings (SSSR count). The summed E-state index contributed by atoms with van der Waals surface area (Å²) in [6.45, 7) is 11.6. The molecule has 0 aromatic heterocycles. The van der Waals surface area contributed by atoms with Crippen LogP contribution in [-0.2, 0) is 32.4 Å². The van der Waals surface area contributed by atoms with E-state index in [0.717, 1.165) is 10.9 Å². The largest absolute Gasteiger partial charge is 3.00 e. The van der Waals surface area contributed by atoms with Crippen LogP contribution < -0.4 is 39.8 Å². The van der Waals surface area contributed by atoms with E-state index < -0.39 is 33.1 Å². The zero-order valence-electron chi connectivity index (χ0n) is 33.0. The van der Waals surface area contributed by atoms with E-state index in [-0.39, 0.29) is 92.1 Å². The first-order valence-corrected chi connectivity index (χ1v) is 17.7. The molecule has 58 heavy (non-hydrogen) atoms. The molecule has 16 heteroatoms. The third kappa shape index (κ3) is 10.3. The van der Waals surface area contributed by atoms with Gasteiger partial charge in [-0.05, 0) is 70.1 Å². The molecular formula is C42H38CrN6NaO8. The van der Waals surface area contributed by atoms with E-state index in [2.05, 4.69) is 20.4 Å². The molecule has 0 fully saturated rings. The maximum Gasteiger partial charge on any atom is 3.00 e. The topological polar surface area (TPSA) is 222 Å². The van der Waals surface area contributed by atoms with Gasteiger partial charge in [0, 0.05) is 22.8 Å². The zero-order valence-corrected chi connectivity index (χ0v) is 36.3. The summed E-state index contributed by atoms with van der Waals surface area (Å²) in [6.07, 6.45) is 7.30. The first kappa shape index (κ1) is 47.3. The molecule has 2 aliphatic rings. The van der Waals surface area contributed by atoms with Crippen molar-refractivity contribution in [3.63, 3.8) is 0 Å². The van der Waals surface area contributed by atoms with Gasteiger partial charge in [-0.1, -0.05) is 114 Å². The van der Waals surface area contributed by atoms with Gasteiger partial charge in [-0.3, -0.25) is 19.7 Å². The molecule has 2 aliphatic carbocycles. The van der Waals surface area contributed by atoms with Crippen LogP contribution in [0.2, 0.25) is 0 Å². The Morgan fingerprint density at radius 3 is 2.10 bits per heavy atom. The van der Waals surface area contributed by atoms with Gasteiger partial charge >= 0.3 is 46.9 Å². The average Bonchev–Trinajstić information content (AvgIpc) is 3.18. The number of carbonyl (C=O) groups excluding carboxylic acids is 2. The number of hydroxylamine groups is 2. The number of Topliss-reactive ketones (excluding diaryl/α,β-unsaturated/α-hetero) is 1. The molecule has 0 N–H and O–H groups in total. The zero-order chi connectivity index (χ0) is 40.9. The molecule has 4 aromatic rings. The molecule has 0 atom stereocenters. The van der Waals surface area contributed by atoms with E-state index >= 15 is 0 Å². The number of nitrogens with zero attached hydrogens (tertiary/aromatic N) is 6. The van der Waals surface area contributed by atoms with Gasteiger partial charge in [-0.15, -0.1) is 10.2 Å². The Kier molecular flexibility index (Phi) is 15.9. The number of carbonyl (C=O) groups is 2. The van der Waals surface area contributed by atoms with Gasteiger partial charge in [0.15, 0.2) is 0 Å². The Balaban J connectivity index is 0.000000300. The molecule has 0 amide bonds. The first-order valence-electron chi connectivity index (χ1n) is 17.7. The fourth-order valence-corrected chi connectivity index (χ4v) is 5.69. The molecule has 14 nitrogen and oxygen atoms in total. The van der Waals surface area contributed by atoms with Crippen LogP contribution in [0, 0.1) is 25.9 Å². The first-order chi connectivity index (χ1) is 26.5. The molecule has 0 saturated heterocycles. The second-order valence-corrected chi connectivity index (χ2v) is 14.3. The number of nitro groups is 1. The Labute approximate surface area is 368 Å². The predicted molar refractivity (Wildman–Crippen MR) is 212 cm³/mol. The molecule has 0 unspecified atom stereocenters. The van der Waals surface area contributed by atoms with Crippen molar-refractivity contribution < 1.29 is 71.6 Å². The van der Waals surface area contributed by atoms with E-state index in [1.54, 1.807) is 36.4 Å². The Morgan fingerprint density at radius 2 is 1.45 bits per heavy atom. The van der Waals surface area contributed by atoms with Crippen molar-refractivity contribution in [3.8, 4) is 11.5 Å². The Bertz CT molecular complexity index is 2440.